The van der Waals surface area contributed by atoms with Gasteiger partial charge >= 0.3 is 0 Å². The second-order valence-electron chi connectivity index (χ2n) is 5.90. The zero-order valence-corrected chi connectivity index (χ0v) is 11.0. The number of para-hydroxylation sites is 1. The van der Waals surface area contributed by atoms with Crippen LogP contribution in [-0.2, 0) is 0 Å². The lowest BCUT2D eigenvalue weighted by Crippen LogP contribution is -2.39. The van der Waals surface area contributed by atoms with Crippen LogP contribution in [0, 0.1) is 5.41 Å². The summed E-state index contributed by atoms with van der Waals surface area (Å²) in [5.41, 5.74) is 0.0526. The van der Waals surface area contributed by atoms with Crippen molar-refractivity contribution in [2.75, 3.05) is 18.0 Å². The van der Waals surface area contributed by atoms with E-state index in [-0.39, 0.29) is 6.42 Å². The molecule has 2 aliphatic rings. The Morgan fingerprint density at radius 3 is 2.75 bits per heavy atom. The molecule has 4 rings (SSSR count). The summed E-state index contributed by atoms with van der Waals surface area (Å²) < 4.78 is 27.2. The number of benzene rings is 1. The molecule has 20 heavy (non-hydrogen) atoms. The van der Waals surface area contributed by atoms with Crippen LogP contribution in [0.4, 0.5) is 14.6 Å². The van der Waals surface area contributed by atoms with E-state index in [0.29, 0.717) is 13.0 Å². The summed E-state index contributed by atoms with van der Waals surface area (Å²) in [5, 5.41) is 0.941. The summed E-state index contributed by atoms with van der Waals surface area (Å²) in [6.45, 7) is 1.19. The van der Waals surface area contributed by atoms with Crippen LogP contribution in [0.5, 0.6) is 0 Å². The lowest BCUT2D eigenvalue weighted by Gasteiger charge is -2.34. The molecule has 0 amide bonds. The first kappa shape index (κ1) is 12.0. The number of fused-ring (bicyclic) bond motifs is 1. The molecule has 5 heteroatoms. The van der Waals surface area contributed by atoms with Crippen molar-refractivity contribution in [3.05, 3.63) is 30.6 Å². The van der Waals surface area contributed by atoms with E-state index in [2.05, 4.69) is 9.97 Å². The average molecular weight is 275 g/mol. The minimum Gasteiger partial charge on any atom is -0.355 e. The third-order valence-corrected chi connectivity index (χ3v) is 4.61. The number of nitrogens with zero attached hydrogens (tertiary/aromatic N) is 3. The van der Waals surface area contributed by atoms with Gasteiger partial charge in [0, 0.05) is 24.9 Å². The van der Waals surface area contributed by atoms with Gasteiger partial charge in [-0.1, -0.05) is 12.1 Å². The molecule has 1 atom stereocenters. The number of aromatic nitrogens is 2. The van der Waals surface area contributed by atoms with Crippen molar-refractivity contribution in [1.29, 1.82) is 0 Å². The minimum atomic E-state index is -2.49. The summed E-state index contributed by atoms with van der Waals surface area (Å²) in [7, 11) is 0. The van der Waals surface area contributed by atoms with Gasteiger partial charge in [0.05, 0.1) is 10.9 Å². The second-order valence-corrected chi connectivity index (χ2v) is 5.90. The van der Waals surface area contributed by atoms with Gasteiger partial charge in [-0.2, -0.15) is 0 Å². The van der Waals surface area contributed by atoms with Gasteiger partial charge in [-0.15, -0.1) is 0 Å². The molecule has 1 aromatic heterocycles. The predicted molar refractivity (Wildman–Crippen MR) is 73.0 cm³/mol. The van der Waals surface area contributed by atoms with E-state index in [4.69, 9.17) is 0 Å². The molecule has 1 spiro atoms. The molecule has 1 unspecified atom stereocenters. The quantitative estimate of drug-likeness (QED) is 0.800. The molecule has 0 N–H and O–H groups in total. The fraction of sp³-hybridized carbons (Fsp3) is 0.467. The van der Waals surface area contributed by atoms with Crippen molar-refractivity contribution in [2.45, 2.75) is 25.2 Å². The highest BCUT2D eigenvalue weighted by atomic mass is 19.3. The molecule has 0 radical (unpaired) electrons. The maximum atomic E-state index is 13.6. The normalized spacial score (nSPS) is 28.0. The van der Waals surface area contributed by atoms with Crippen LogP contribution in [0.3, 0.4) is 0 Å². The second kappa shape index (κ2) is 3.87. The molecule has 104 valence electrons. The number of alkyl halides is 2. The molecule has 1 aromatic carbocycles. The highest BCUT2D eigenvalue weighted by Gasteiger charge is 2.71. The van der Waals surface area contributed by atoms with Crippen molar-refractivity contribution < 1.29 is 8.78 Å². The van der Waals surface area contributed by atoms with E-state index >= 15 is 0 Å². The topological polar surface area (TPSA) is 29.0 Å². The number of halogens is 2. The van der Waals surface area contributed by atoms with Crippen LogP contribution in [0.25, 0.3) is 10.9 Å². The van der Waals surface area contributed by atoms with Gasteiger partial charge in [-0.05, 0) is 25.0 Å². The molecular weight excluding hydrogens is 260 g/mol. The number of hydrogen-bond donors (Lipinski definition) is 0. The molecule has 1 aliphatic carbocycles. The maximum absolute atomic E-state index is 13.6. The lowest BCUT2D eigenvalue weighted by atomic mass is 9.94. The van der Waals surface area contributed by atoms with Gasteiger partial charge in [0.2, 0.25) is 0 Å². The predicted octanol–water partition coefficient (Wildman–Crippen LogP) is 3.26. The van der Waals surface area contributed by atoms with E-state index in [1.165, 1.54) is 6.33 Å². The van der Waals surface area contributed by atoms with Crippen molar-refractivity contribution in [3.63, 3.8) is 0 Å². The lowest BCUT2D eigenvalue weighted by molar-refractivity contribution is 0.0575. The molecule has 1 saturated carbocycles. The van der Waals surface area contributed by atoms with Gasteiger partial charge in [-0.25, -0.2) is 18.7 Å². The van der Waals surface area contributed by atoms with Gasteiger partial charge < -0.3 is 4.90 Å². The van der Waals surface area contributed by atoms with E-state index in [9.17, 15) is 8.78 Å². The average Bonchev–Trinajstić information content (AvgIpc) is 2.97. The van der Waals surface area contributed by atoms with E-state index < -0.39 is 11.3 Å². The first-order valence-electron chi connectivity index (χ1n) is 6.94. The van der Waals surface area contributed by atoms with Gasteiger partial charge in [0.1, 0.15) is 12.1 Å². The molecule has 0 bridgehead atoms. The van der Waals surface area contributed by atoms with Crippen LogP contribution in [0.2, 0.25) is 0 Å². The Morgan fingerprint density at radius 2 is 1.95 bits per heavy atom. The van der Waals surface area contributed by atoms with Crippen molar-refractivity contribution >= 4 is 16.7 Å². The molecule has 2 heterocycles. The van der Waals surface area contributed by atoms with Crippen LogP contribution in [0.1, 0.15) is 19.3 Å². The zero-order chi connectivity index (χ0) is 13.8. The monoisotopic (exact) mass is 275 g/mol. The molecule has 2 aromatic rings. The van der Waals surface area contributed by atoms with Crippen molar-refractivity contribution in [2.24, 2.45) is 5.41 Å². The Morgan fingerprint density at radius 1 is 1.15 bits per heavy atom. The highest BCUT2D eigenvalue weighted by Crippen LogP contribution is 2.64. The molecule has 1 saturated heterocycles. The Hall–Kier alpha value is -1.78. The molecular formula is C15H15F2N3. The summed E-state index contributed by atoms with van der Waals surface area (Å²) >= 11 is 0. The smallest absolute Gasteiger partial charge is 0.256 e. The van der Waals surface area contributed by atoms with Gasteiger partial charge in [-0.3, -0.25) is 0 Å². The summed E-state index contributed by atoms with van der Waals surface area (Å²) in [4.78, 5) is 10.6. The molecule has 3 nitrogen and oxygen atoms in total. The Bertz CT molecular complexity index is 668. The van der Waals surface area contributed by atoms with Crippen LogP contribution >= 0.6 is 0 Å². The Balaban J connectivity index is 1.73. The van der Waals surface area contributed by atoms with Gasteiger partial charge in [0.15, 0.2) is 0 Å². The van der Waals surface area contributed by atoms with E-state index in [1.807, 2.05) is 29.2 Å². The first-order valence-corrected chi connectivity index (χ1v) is 6.94. The van der Waals surface area contributed by atoms with E-state index in [1.54, 1.807) is 0 Å². The summed E-state index contributed by atoms with van der Waals surface area (Å²) in [6, 6.07) is 7.73. The fourth-order valence-corrected chi connectivity index (χ4v) is 3.38. The summed E-state index contributed by atoms with van der Waals surface area (Å²) in [6.07, 6.45) is 2.97. The van der Waals surface area contributed by atoms with Crippen LogP contribution in [0.15, 0.2) is 30.6 Å². The number of piperidine rings is 1. The van der Waals surface area contributed by atoms with Crippen molar-refractivity contribution in [1.82, 2.24) is 9.97 Å². The van der Waals surface area contributed by atoms with E-state index in [0.717, 1.165) is 29.7 Å². The van der Waals surface area contributed by atoms with Crippen LogP contribution in [-0.4, -0.2) is 29.0 Å². The van der Waals surface area contributed by atoms with Crippen LogP contribution < -0.4 is 4.90 Å². The maximum Gasteiger partial charge on any atom is 0.256 e. The van der Waals surface area contributed by atoms with Gasteiger partial charge in [0.25, 0.3) is 5.92 Å². The Labute approximate surface area is 115 Å². The summed E-state index contributed by atoms with van der Waals surface area (Å²) in [5.74, 6) is -1.70. The third kappa shape index (κ3) is 1.62. The number of anilines is 1. The molecule has 1 aliphatic heterocycles. The highest BCUT2D eigenvalue weighted by molar-refractivity contribution is 5.89. The standard InChI is InChI=1S/C15H15F2N3/c16-15(17)8-14(15)6-3-7-20(9-14)13-11-4-1-2-5-12(11)18-10-19-13/h1-2,4-5,10H,3,6-9H2. The van der Waals surface area contributed by atoms with Crippen molar-refractivity contribution in [3.8, 4) is 0 Å². The Kier molecular flexibility index (Phi) is 2.32. The third-order valence-electron chi connectivity index (χ3n) is 4.61. The minimum absolute atomic E-state index is 0.0273. The molecule has 2 fully saturated rings. The zero-order valence-electron chi connectivity index (χ0n) is 11.0. The first-order chi connectivity index (χ1) is 9.61. The largest absolute Gasteiger partial charge is 0.355 e. The fourth-order valence-electron chi connectivity index (χ4n) is 3.38. The SMILES string of the molecule is FC1(F)CC12CCCN(c1ncnc3ccccc13)C2. The number of rotatable bonds is 1. The number of hydrogen-bond acceptors (Lipinski definition) is 3.